The van der Waals surface area contributed by atoms with E-state index in [0.29, 0.717) is 6.04 Å². The average Bonchev–Trinajstić information content (AvgIpc) is 2.28. The van der Waals surface area contributed by atoms with Crippen LogP contribution in [-0.4, -0.2) is 19.6 Å². The van der Waals surface area contributed by atoms with Crippen molar-refractivity contribution in [2.24, 2.45) is 5.73 Å². The fourth-order valence-corrected chi connectivity index (χ4v) is 1.77. The Morgan fingerprint density at radius 1 is 1.25 bits per heavy atom. The molecule has 0 saturated carbocycles. The first-order chi connectivity index (χ1) is 7.63. The molecule has 2 nitrogen and oxygen atoms in total. The molecule has 1 rings (SSSR count). The number of benzene rings is 1. The second kappa shape index (κ2) is 6.54. The number of rotatable bonds is 6. The molecule has 16 heavy (non-hydrogen) atoms. The van der Waals surface area contributed by atoms with Gasteiger partial charge in [-0.2, -0.15) is 0 Å². The van der Waals surface area contributed by atoms with E-state index >= 15 is 0 Å². The summed E-state index contributed by atoms with van der Waals surface area (Å²) in [4.78, 5) is 2.29. The minimum atomic E-state index is 0.316. The van der Waals surface area contributed by atoms with Gasteiger partial charge in [-0.15, -0.1) is 0 Å². The fourth-order valence-electron chi connectivity index (χ4n) is 1.77. The van der Waals surface area contributed by atoms with Gasteiger partial charge in [-0.1, -0.05) is 19.1 Å². The number of anilines is 1. The summed E-state index contributed by atoms with van der Waals surface area (Å²) in [6.07, 6.45) is 3.36. The standard InChI is InChI=1S/C14H24N2/c1-4-13-7-9-14(10-8-13)16(3)11-5-6-12(2)15/h7-10,12H,4-6,11,15H2,1-3H3. The number of hydrogen-bond acceptors (Lipinski definition) is 2. The van der Waals surface area contributed by atoms with Crippen molar-refractivity contribution in [1.29, 1.82) is 0 Å². The zero-order valence-corrected chi connectivity index (χ0v) is 10.7. The Labute approximate surface area is 99.5 Å². The highest BCUT2D eigenvalue weighted by molar-refractivity contribution is 5.46. The van der Waals surface area contributed by atoms with E-state index in [1.54, 1.807) is 0 Å². The van der Waals surface area contributed by atoms with Crippen LogP contribution in [-0.2, 0) is 6.42 Å². The van der Waals surface area contributed by atoms with Gasteiger partial charge in [-0.05, 0) is 43.9 Å². The van der Waals surface area contributed by atoms with Crippen LogP contribution in [0.1, 0.15) is 32.3 Å². The summed E-state index contributed by atoms with van der Waals surface area (Å²) in [6, 6.07) is 9.13. The largest absolute Gasteiger partial charge is 0.375 e. The van der Waals surface area contributed by atoms with E-state index in [2.05, 4.69) is 50.1 Å². The van der Waals surface area contributed by atoms with Crippen molar-refractivity contribution >= 4 is 5.69 Å². The molecule has 90 valence electrons. The van der Waals surface area contributed by atoms with Gasteiger partial charge in [0, 0.05) is 25.3 Å². The minimum Gasteiger partial charge on any atom is -0.375 e. The molecular weight excluding hydrogens is 196 g/mol. The van der Waals surface area contributed by atoms with Crippen LogP contribution < -0.4 is 10.6 Å². The Hall–Kier alpha value is -1.02. The van der Waals surface area contributed by atoms with Crippen LogP contribution in [0.2, 0.25) is 0 Å². The Balaban J connectivity index is 2.43. The van der Waals surface area contributed by atoms with Crippen LogP contribution in [0, 0.1) is 0 Å². The minimum absolute atomic E-state index is 0.316. The normalized spacial score (nSPS) is 12.5. The zero-order valence-electron chi connectivity index (χ0n) is 10.7. The van der Waals surface area contributed by atoms with Crippen LogP contribution in [0.5, 0.6) is 0 Å². The van der Waals surface area contributed by atoms with Crippen LogP contribution in [0.3, 0.4) is 0 Å². The third kappa shape index (κ3) is 4.23. The second-order valence-electron chi connectivity index (χ2n) is 4.56. The van der Waals surface area contributed by atoms with Crippen molar-refractivity contribution in [3.8, 4) is 0 Å². The first kappa shape index (κ1) is 13.0. The van der Waals surface area contributed by atoms with E-state index in [4.69, 9.17) is 5.73 Å². The van der Waals surface area contributed by atoms with Crippen molar-refractivity contribution in [2.75, 3.05) is 18.5 Å². The maximum atomic E-state index is 5.74. The van der Waals surface area contributed by atoms with Crippen LogP contribution in [0.4, 0.5) is 5.69 Å². The van der Waals surface area contributed by atoms with Gasteiger partial charge in [0.25, 0.3) is 0 Å². The van der Waals surface area contributed by atoms with E-state index in [1.165, 1.54) is 11.3 Å². The Morgan fingerprint density at radius 2 is 1.88 bits per heavy atom. The molecule has 0 heterocycles. The average molecular weight is 220 g/mol. The van der Waals surface area contributed by atoms with Crippen molar-refractivity contribution < 1.29 is 0 Å². The summed E-state index contributed by atoms with van der Waals surface area (Å²) in [7, 11) is 2.14. The van der Waals surface area contributed by atoms with E-state index in [-0.39, 0.29) is 0 Å². The van der Waals surface area contributed by atoms with Crippen LogP contribution in [0.25, 0.3) is 0 Å². The highest BCUT2D eigenvalue weighted by Crippen LogP contribution is 2.14. The van der Waals surface area contributed by atoms with Crippen LogP contribution in [0.15, 0.2) is 24.3 Å². The van der Waals surface area contributed by atoms with Crippen molar-refractivity contribution in [3.63, 3.8) is 0 Å². The lowest BCUT2D eigenvalue weighted by Crippen LogP contribution is -2.22. The third-order valence-corrected chi connectivity index (χ3v) is 2.94. The first-order valence-corrected chi connectivity index (χ1v) is 6.19. The molecule has 1 atom stereocenters. The molecule has 0 spiro atoms. The third-order valence-electron chi connectivity index (χ3n) is 2.94. The molecule has 0 amide bonds. The Morgan fingerprint density at radius 3 is 2.38 bits per heavy atom. The summed E-state index contributed by atoms with van der Waals surface area (Å²) in [5.41, 5.74) is 8.43. The van der Waals surface area contributed by atoms with E-state index in [1.807, 2.05) is 0 Å². The predicted molar refractivity (Wildman–Crippen MR) is 72.0 cm³/mol. The molecule has 1 aromatic carbocycles. The van der Waals surface area contributed by atoms with Crippen LogP contribution >= 0.6 is 0 Å². The van der Waals surface area contributed by atoms with E-state index < -0.39 is 0 Å². The molecule has 0 aliphatic heterocycles. The van der Waals surface area contributed by atoms with Crippen molar-refractivity contribution in [1.82, 2.24) is 0 Å². The quantitative estimate of drug-likeness (QED) is 0.798. The van der Waals surface area contributed by atoms with Gasteiger partial charge >= 0.3 is 0 Å². The van der Waals surface area contributed by atoms with Gasteiger partial charge in [-0.3, -0.25) is 0 Å². The topological polar surface area (TPSA) is 29.3 Å². The van der Waals surface area contributed by atoms with Crippen molar-refractivity contribution in [2.45, 2.75) is 39.2 Å². The molecule has 0 aliphatic rings. The summed E-state index contributed by atoms with van der Waals surface area (Å²) in [5, 5.41) is 0. The lowest BCUT2D eigenvalue weighted by molar-refractivity contribution is 0.621. The van der Waals surface area contributed by atoms with Gasteiger partial charge in [0.15, 0.2) is 0 Å². The molecule has 0 fully saturated rings. The lowest BCUT2D eigenvalue weighted by Gasteiger charge is -2.20. The predicted octanol–water partition coefficient (Wildman–Crippen LogP) is 2.81. The van der Waals surface area contributed by atoms with E-state index in [9.17, 15) is 0 Å². The molecule has 0 saturated heterocycles. The van der Waals surface area contributed by atoms with Crippen molar-refractivity contribution in [3.05, 3.63) is 29.8 Å². The molecule has 0 aromatic heterocycles. The highest BCUT2D eigenvalue weighted by atomic mass is 15.1. The molecule has 0 radical (unpaired) electrons. The number of aryl methyl sites for hydroxylation is 1. The van der Waals surface area contributed by atoms with Gasteiger partial charge in [0.05, 0.1) is 0 Å². The molecule has 2 N–H and O–H groups in total. The van der Waals surface area contributed by atoms with Gasteiger partial charge < -0.3 is 10.6 Å². The first-order valence-electron chi connectivity index (χ1n) is 6.19. The van der Waals surface area contributed by atoms with Gasteiger partial charge in [0.1, 0.15) is 0 Å². The summed E-state index contributed by atoms with van der Waals surface area (Å²) >= 11 is 0. The molecule has 0 bridgehead atoms. The number of nitrogens with two attached hydrogens (primary N) is 1. The smallest absolute Gasteiger partial charge is 0.0363 e. The zero-order chi connectivity index (χ0) is 12.0. The molecule has 2 heteroatoms. The lowest BCUT2D eigenvalue weighted by atomic mass is 10.1. The monoisotopic (exact) mass is 220 g/mol. The number of nitrogens with zero attached hydrogens (tertiary/aromatic N) is 1. The summed E-state index contributed by atoms with van der Waals surface area (Å²) < 4.78 is 0. The molecule has 1 unspecified atom stereocenters. The van der Waals surface area contributed by atoms with E-state index in [0.717, 1.165) is 25.8 Å². The van der Waals surface area contributed by atoms with Gasteiger partial charge in [-0.25, -0.2) is 0 Å². The maximum Gasteiger partial charge on any atom is 0.0363 e. The summed E-state index contributed by atoms with van der Waals surface area (Å²) in [5.74, 6) is 0. The highest BCUT2D eigenvalue weighted by Gasteiger charge is 2.01. The second-order valence-corrected chi connectivity index (χ2v) is 4.56. The summed E-state index contributed by atoms with van der Waals surface area (Å²) in [6.45, 7) is 5.32. The molecular formula is C14H24N2. The molecule has 1 aromatic rings. The number of hydrogen-bond donors (Lipinski definition) is 1. The SMILES string of the molecule is CCc1ccc(N(C)CCCC(C)N)cc1. The Kier molecular flexibility index (Phi) is 5.33. The maximum absolute atomic E-state index is 5.74. The fraction of sp³-hybridized carbons (Fsp3) is 0.571. The van der Waals surface area contributed by atoms with Gasteiger partial charge in [0.2, 0.25) is 0 Å². The Bertz CT molecular complexity index is 290. The molecule has 0 aliphatic carbocycles.